The number of Topliss-reactive ketones (excluding diaryl/α,β-unsaturated/α-hetero) is 1. The van der Waals surface area contributed by atoms with E-state index in [2.05, 4.69) is 16.0 Å². The summed E-state index contributed by atoms with van der Waals surface area (Å²) in [5, 5.41) is 53.3. The maximum Gasteiger partial charge on any atom is 0.326 e. The van der Waals surface area contributed by atoms with Crippen molar-refractivity contribution in [3.05, 3.63) is 35.4 Å². The molecule has 2 aliphatic heterocycles. The second kappa shape index (κ2) is 35.2. The Morgan fingerprint density at radius 2 is 1.26 bits per heavy atom. The molecule has 5 amide bonds. The van der Waals surface area contributed by atoms with Crippen LogP contribution in [-0.4, -0.2) is 230 Å². The van der Waals surface area contributed by atoms with Crippen molar-refractivity contribution in [1.82, 2.24) is 40.4 Å². The van der Waals surface area contributed by atoms with E-state index in [1.54, 1.807) is 50.8 Å². The zero-order valence-corrected chi connectivity index (χ0v) is 45.4. The standard InChI is InChI=1S/C47H71N9O14S2.Gd/c1-32(48)7-6-23-72-38-26-41(60)56(46(38)68)14-4-3-10-36(47(69)70)50-39(58)12-11-37(57)35(13-24-71-2)51-45(67)34-9-5-8-33(25-34)27-49-40(59)28-52-15-17-53(29-42(61)62)19-21-55(31-44(65)66)22-20-54(18-16-52)30-43(63)64;/h5,8-9,25,35-36,38,48H,3-4,6-7,10-24,26-31H2,1-2H3,(H,49,59)(H,50,58)(H,51,67)(H,61,62)(H,63,64)(H,65,66)(H,69,70);/t35-,36-,38?;/m0./s1. The first-order chi connectivity index (χ1) is 34.2. The monoisotopic (exact) mass is 1210 g/mol. The van der Waals surface area contributed by atoms with Gasteiger partial charge in [-0.15, -0.1) is 11.8 Å². The summed E-state index contributed by atoms with van der Waals surface area (Å²) in [7, 11) is 0. The SMILES string of the molecule is CSCC[C@H](NC(=O)c1cccc(CNC(=O)CN2CCN(CC(=O)O)CCN(CC(=O)O)CCN(CC(=O)O)CC2)c1)C(=O)CCC(=O)N[C@@H](CCCCN1C(=O)CC(SCCCC(C)=N)C1=O)C(=O)O.[Gd]. The quantitative estimate of drug-likeness (QED) is 0.0283. The van der Waals surface area contributed by atoms with Crippen molar-refractivity contribution in [2.24, 2.45) is 0 Å². The summed E-state index contributed by atoms with van der Waals surface area (Å²) in [4.78, 5) is 133. The minimum atomic E-state index is -1.28. The summed E-state index contributed by atoms with van der Waals surface area (Å²) in [6.45, 7) is 2.78. The Morgan fingerprint density at radius 1 is 0.699 bits per heavy atom. The maximum atomic E-state index is 13.5. The number of amides is 5. The molecule has 0 spiro atoms. The Kier molecular flexibility index (Phi) is 31.3. The van der Waals surface area contributed by atoms with Crippen LogP contribution in [0.15, 0.2) is 24.3 Å². The molecular weight excluding hydrogens is 1140 g/mol. The normalized spacial score (nSPS) is 17.3. The molecule has 23 nitrogen and oxygen atoms in total. The van der Waals surface area contributed by atoms with Crippen molar-refractivity contribution < 1.29 is 108 Å². The zero-order valence-electron chi connectivity index (χ0n) is 41.5. The molecule has 1 aromatic carbocycles. The van der Waals surface area contributed by atoms with Gasteiger partial charge in [0.25, 0.3) is 5.91 Å². The number of nitrogens with one attached hydrogen (secondary N) is 4. The van der Waals surface area contributed by atoms with Crippen LogP contribution in [-0.2, 0) is 49.7 Å². The molecule has 2 heterocycles. The molecule has 2 saturated heterocycles. The first kappa shape index (κ1) is 65.0. The van der Waals surface area contributed by atoms with Crippen LogP contribution in [0.1, 0.15) is 80.6 Å². The molecular formula is C47H71GdN9O14S2. The number of nitrogens with zero attached hydrogens (tertiary/aromatic N) is 5. The molecule has 1 aromatic rings. The summed E-state index contributed by atoms with van der Waals surface area (Å²) < 4.78 is 0. The number of aliphatic carboxylic acids is 4. The maximum absolute atomic E-state index is 13.5. The van der Waals surface area contributed by atoms with E-state index in [0.29, 0.717) is 42.0 Å². The topological polar surface area (TPSA) is 328 Å². The summed E-state index contributed by atoms with van der Waals surface area (Å²) in [5.41, 5.74) is 1.32. The third-order valence-corrected chi connectivity index (χ3v) is 13.9. The number of thioether (sulfide) groups is 2. The molecule has 0 aromatic heterocycles. The van der Waals surface area contributed by atoms with E-state index in [-0.39, 0.29) is 187 Å². The minimum absolute atomic E-state index is 0. The fourth-order valence-electron chi connectivity index (χ4n) is 7.99. The molecule has 1 unspecified atom stereocenters. The van der Waals surface area contributed by atoms with Gasteiger partial charge in [0.15, 0.2) is 5.78 Å². The number of carboxylic acid groups (broad SMARTS) is 4. The van der Waals surface area contributed by atoms with Crippen molar-refractivity contribution in [2.75, 3.05) is 103 Å². The second-order valence-electron chi connectivity index (χ2n) is 17.8. The van der Waals surface area contributed by atoms with Gasteiger partial charge in [-0.1, -0.05) is 12.1 Å². The Bertz CT molecular complexity index is 2040. The van der Waals surface area contributed by atoms with E-state index in [9.17, 15) is 68.4 Å². The van der Waals surface area contributed by atoms with E-state index in [1.165, 1.54) is 28.4 Å². The average molecular weight is 1210 g/mol. The summed E-state index contributed by atoms with van der Waals surface area (Å²) >= 11 is 2.85. The van der Waals surface area contributed by atoms with E-state index < -0.39 is 58.8 Å². The van der Waals surface area contributed by atoms with Gasteiger partial charge in [-0.2, -0.15) is 11.8 Å². The van der Waals surface area contributed by atoms with Gasteiger partial charge in [0, 0.05) is 136 Å². The first-order valence-corrected chi connectivity index (χ1v) is 26.4. The molecule has 26 heteroatoms. The van der Waals surface area contributed by atoms with Gasteiger partial charge in [0.1, 0.15) is 6.04 Å². The van der Waals surface area contributed by atoms with E-state index in [1.807, 2.05) is 6.26 Å². The van der Waals surface area contributed by atoms with Crippen LogP contribution in [0.2, 0.25) is 0 Å². The molecule has 8 N–H and O–H groups in total. The van der Waals surface area contributed by atoms with Crippen molar-refractivity contribution in [3.63, 3.8) is 0 Å². The molecule has 408 valence electrons. The van der Waals surface area contributed by atoms with Crippen LogP contribution in [0, 0.1) is 45.3 Å². The van der Waals surface area contributed by atoms with Crippen LogP contribution >= 0.6 is 23.5 Å². The number of hydrogen-bond acceptors (Lipinski definition) is 17. The molecule has 0 saturated carbocycles. The third-order valence-electron chi connectivity index (χ3n) is 11.9. The van der Waals surface area contributed by atoms with Crippen molar-refractivity contribution >= 4 is 88.4 Å². The van der Waals surface area contributed by atoms with Crippen molar-refractivity contribution in [2.45, 2.75) is 88.6 Å². The predicted octanol–water partition coefficient (Wildman–Crippen LogP) is 0.399. The number of carbonyl (C=O) groups is 10. The van der Waals surface area contributed by atoms with Gasteiger partial charge in [-0.25, -0.2) is 4.79 Å². The van der Waals surface area contributed by atoms with Crippen LogP contribution in [0.3, 0.4) is 0 Å². The van der Waals surface area contributed by atoms with E-state index >= 15 is 0 Å². The molecule has 0 radical (unpaired) electrons. The molecule has 0 aliphatic carbocycles. The van der Waals surface area contributed by atoms with Crippen LogP contribution in [0.5, 0.6) is 0 Å². The third kappa shape index (κ3) is 26.3. The number of rotatable bonds is 31. The van der Waals surface area contributed by atoms with Crippen molar-refractivity contribution in [3.8, 4) is 0 Å². The summed E-state index contributed by atoms with van der Waals surface area (Å²) in [6, 6.07) is 4.19. The second-order valence-corrected chi connectivity index (χ2v) is 20.1. The predicted molar refractivity (Wildman–Crippen MR) is 269 cm³/mol. The zero-order chi connectivity index (χ0) is 53.2. The van der Waals surface area contributed by atoms with Gasteiger partial charge in [0.2, 0.25) is 23.6 Å². The van der Waals surface area contributed by atoms with E-state index in [4.69, 9.17) is 5.41 Å². The number of imide groups is 1. The first-order valence-electron chi connectivity index (χ1n) is 24.0. The smallest absolute Gasteiger partial charge is 0.326 e. The largest absolute Gasteiger partial charge is 0.480 e. The fourth-order valence-corrected chi connectivity index (χ4v) is 9.59. The molecule has 2 fully saturated rings. The Morgan fingerprint density at radius 3 is 1.78 bits per heavy atom. The number of benzene rings is 1. The van der Waals surface area contributed by atoms with Gasteiger partial charge in [-0.3, -0.25) is 67.7 Å². The molecule has 0 bridgehead atoms. The molecule has 3 rings (SSSR count). The molecule has 73 heavy (non-hydrogen) atoms. The number of likely N-dealkylation sites (tertiary alicyclic amines) is 1. The van der Waals surface area contributed by atoms with Gasteiger partial charge >= 0.3 is 23.9 Å². The van der Waals surface area contributed by atoms with Gasteiger partial charge < -0.3 is 41.8 Å². The minimum Gasteiger partial charge on any atom is -0.480 e. The number of ketones is 1. The van der Waals surface area contributed by atoms with Gasteiger partial charge in [-0.05, 0) is 80.9 Å². The number of carbonyl (C=O) groups excluding carboxylic acids is 6. The van der Waals surface area contributed by atoms with E-state index in [0.717, 1.165) is 6.42 Å². The van der Waals surface area contributed by atoms with Gasteiger partial charge in [0.05, 0.1) is 37.5 Å². The Hall–Kier alpha value is -4.15. The number of hydrogen-bond donors (Lipinski definition) is 8. The average Bonchev–Trinajstić information content (AvgIpc) is 3.58. The molecule has 2 aliphatic rings. The Balaban J connectivity index is 0.0000183. The fraction of sp³-hybridized carbons (Fsp3) is 0.638. The Labute approximate surface area is 466 Å². The summed E-state index contributed by atoms with van der Waals surface area (Å²) in [6.07, 6.45) is 3.62. The van der Waals surface area contributed by atoms with Crippen LogP contribution < -0.4 is 16.0 Å². The number of unbranched alkanes of at least 4 members (excludes halogenated alkanes) is 1. The van der Waals surface area contributed by atoms with Crippen molar-refractivity contribution in [1.29, 1.82) is 5.41 Å². The van der Waals surface area contributed by atoms with Crippen LogP contribution in [0.25, 0.3) is 0 Å². The molecule has 3 atom stereocenters. The summed E-state index contributed by atoms with van der Waals surface area (Å²) in [5.74, 6) is -5.93. The van der Waals surface area contributed by atoms with Crippen LogP contribution in [0.4, 0.5) is 0 Å². The number of carboxylic acids is 4.